The number of aryl methyl sites for hydroxylation is 1. The van der Waals surface area contributed by atoms with Gasteiger partial charge in [0, 0.05) is 44.2 Å². The Hall–Kier alpha value is -2.98. The number of hydrogen-bond acceptors (Lipinski definition) is 8. The molecule has 3 aromatic rings. The zero-order valence-electron chi connectivity index (χ0n) is 24.0. The third-order valence-corrected chi connectivity index (χ3v) is 9.77. The van der Waals surface area contributed by atoms with E-state index < -0.39 is 11.9 Å². The van der Waals surface area contributed by atoms with Crippen LogP contribution in [0, 0.1) is 12.8 Å². The van der Waals surface area contributed by atoms with Crippen molar-refractivity contribution < 1.29 is 24.1 Å². The van der Waals surface area contributed by atoms with Crippen LogP contribution in [0.3, 0.4) is 0 Å². The summed E-state index contributed by atoms with van der Waals surface area (Å²) in [6, 6.07) is 13.6. The van der Waals surface area contributed by atoms with Gasteiger partial charge in [-0.05, 0) is 54.0 Å². The van der Waals surface area contributed by atoms with Gasteiger partial charge in [-0.2, -0.15) is 0 Å². The molecule has 0 unspecified atom stereocenters. The van der Waals surface area contributed by atoms with Crippen LogP contribution in [0.5, 0.6) is 5.75 Å². The molecule has 1 aromatic heterocycles. The van der Waals surface area contributed by atoms with Gasteiger partial charge in [0.1, 0.15) is 12.4 Å². The number of ether oxygens (including phenoxy) is 3. The topological polar surface area (TPSA) is 84.4 Å². The molecule has 3 aliphatic heterocycles. The van der Waals surface area contributed by atoms with Gasteiger partial charge in [0.05, 0.1) is 37.0 Å². The van der Waals surface area contributed by atoms with E-state index in [0.29, 0.717) is 38.1 Å². The lowest BCUT2D eigenvalue weighted by Gasteiger charge is -2.37. The van der Waals surface area contributed by atoms with E-state index in [9.17, 15) is 9.90 Å². The Bertz CT molecular complexity index is 1390. The van der Waals surface area contributed by atoms with Crippen LogP contribution >= 0.6 is 11.3 Å². The van der Waals surface area contributed by atoms with Crippen molar-refractivity contribution in [1.29, 1.82) is 0 Å². The van der Waals surface area contributed by atoms with E-state index in [4.69, 9.17) is 19.2 Å². The molecule has 0 bridgehead atoms. The maximum Gasteiger partial charge on any atom is 0.309 e. The van der Waals surface area contributed by atoms with Crippen molar-refractivity contribution in [1.82, 2.24) is 9.88 Å². The van der Waals surface area contributed by atoms with Crippen molar-refractivity contribution in [2.24, 2.45) is 5.92 Å². The van der Waals surface area contributed by atoms with Gasteiger partial charge in [-0.15, -0.1) is 11.3 Å². The second-order valence-corrected chi connectivity index (χ2v) is 12.4. The van der Waals surface area contributed by atoms with Crippen LogP contribution in [-0.2, 0) is 27.3 Å². The highest BCUT2D eigenvalue weighted by Gasteiger charge is 2.35. The van der Waals surface area contributed by atoms with Crippen molar-refractivity contribution in [2.75, 3.05) is 51.4 Å². The maximum atomic E-state index is 11.6. The third-order valence-electron chi connectivity index (χ3n) is 8.87. The maximum absolute atomic E-state index is 11.6. The van der Waals surface area contributed by atoms with Gasteiger partial charge in [0.15, 0.2) is 5.13 Å². The first kappa shape index (κ1) is 28.2. The number of carbonyl (C=O) groups is 1. The van der Waals surface area contributed by atoms with Crippen molar-refractivity contribution in [3.63, 3.8) is 0 Å². The molecule has 9 heteroatoms. The Labute approximate surface area is 245 Å². The summed E-state index contributed by atoms with van der Waals surface area (Å²) in [6.45, 7) is 9.93. The first-order chi connectivity index (χ1) is 19.9. The molecule has 3 aliphatic rings. The second-order valence-electron chi connectivity index (χ2n) is 11.6. The molecule has 0 radical (unpaired) electrons. The molecule has 1 N–H and O–H groups in total. The molecular formula is C32H39N3O5S. The van der Waals surface area contributed by atoms with Crippen LogP contribution in [0.1, 0.15) is 41.5 Å². The van der Waals surface area contributed by atoms with Crippen LogP contribution < -0.4 is 9.64 Å². The minimum atomic E-state index is -0.799. The number of benzene rings is 2. The lowest BCUT2D eigenvalue weighted by Crippen LogP contribution is -2.50. The fourth-order valence-corrected chi connectivity index (χ4v) is 7.20. The number of carboxylic acids is 1. The smallest absolute Gasteiger partial charge is 0.309 e. The Balaban J connectivity index is 1.17. The number of nitrogens with zero attached hydrogens (tertiary/aromatic N) is 3. The quantitative estimate of drug-likeness (QED) is 0.401. The van der Waals surface area contributed by atoms with Crippen LogP contribution in [-0.4, -0.2) is 79.6 Å². The number of thiazole rings is 1. The highest BCUT2D eigenvalue weighted by Crippen LogP contribution is 2.37. The summed E-state index contributed by atoms with van der Waals surface area (Å²) in [5.41, 5.74) is 6.96. The molecule has 3 atom stereocenters. The minimum absolute atomic E-state index is 0.356. The molecule has 0 amide bonds. The number of piperidine rings is 1. The molecule has 4 heterocycles. The summed E-state index contributed by atoms with van der Waals surface area (Å²) in [6.07, 6.45) is 1.25. The number of fused-ring (bicyclic) bond motifs is 1. The van der Waals surface area contributed by atoms with Gasteiger partial charge < -0.3 is 24.2 Å². The highest BCUT2D eigenvalue weighted by atomic mass is 32.1. The fourth-order valence-electron chi connectivity index (χ4n) is 6.34. The predicted molar refractivity (Wildman–Crippen MR) is 160 cm³/mol. The summed E-state index contributed by atoms with van der Waals surface area (Å²) in [7, 11) is 1.58. The average Bonchev–Trinajstić information content (AvgIpc) is 3.38. The lowest BCUT2D eigenvalue weighted by atomic mass is 9.93. The third kappa shape index (κ3) is 5.86. The van der Waals surface area contributed by atoms with E-state index in [1.165, 1.54) is 16.7 Å². The molecular weight excluding hydrogens is 538 g/mol. The molecule has 6 rings (SSSR count). The zero-order chi connectivity index (χ0) is 28.5. The number of methoxy groups -OCH3 is 1. The van der Waals surface area contributed by atoms with E-state index >= 15 is 0 Å². The second kappa shape index (κ2) is 12.1. The molecule has 0 aliphatic carbocycles. The van der Waals surface area contributed by atoms with Gasteiger partial charge in [-0.25, -0.2) is 4.98 Å². The molecule has 2 fully saturated rings. The number of carboxylic acid groups (broad SMARTS) is 1. The first-order valence-corrected chi connectivity index (χ1v) is 15.4. The van der Waals surface area contributed by atoms with E-state index in [-0.39, 0.29) is 6.10 Å². The fraction of sp³-hybridized carbons (Fsp3) is 0.500. The van der Waals surface area contributed by atoms with E-state index in [0.717, 1.165) is 60.4 Å². The molecule has 218 valence electrons. The van der Waals surface area contributed by atoms with Crippen LogP contribution in [0.4, 0.5) is 5.13 Å². The van der Waals surface area contributed by atoms with Crippen molar-refractivity contribution in [3.05, 3.63) is 64.0 Å². The molecule has 8 nitrogen and oxygen atoms in total. The number of aliphatic carboxylic acids is 1. The van der Waals surface area contributed by atoms with Crippen molar-refractivity contribution in [2.45, 2.75) is 51.4 Å². The average molecular weight is 578 g/mol. The van der Waals surface area contributed by atoms with E-state index in [1.807, 2.05) is 6.07 Å². The molecule has 2 aromatic carbocycles. The monoisotopic (exact) mass is 577 g/mol. The number of hydrogen-bond donors (Lipinski definition) is 1. The van der Waals surface area contributed by atoms with Crippen molar-refractivity contribution in [3.8, 4) is 17.0 Å². The normalized spacial score (nSPS) is 23.5. The van der Waals surface area contributed by atoms with E-state index in [2.05, 4.69) is 59.4 Å². The van der Waals surface area contributed by atoms with Crippen molar-refractivity contribution >= 4 is 22.4 Å². The first-order valence-electron chi connectivity index (χ1n) is 14.5. The Morgan fingerprint density at radius 2 is 2.05 bits per heavy atom. The zero-order valence-corrected chi connectivity index (χ0v) is 24.9. The predicted octanol–water partition coefficient (Wildman–Crippen LogP) is 4.98. The van der Waals surface area contributed by atoms with Gasteiger partial charge in [0.2, 0.25) is 0 Å². The summed E-state index contributed by atoms with van der Waals surface area (Å²) in [5, 5.41) is 12.5. The Morgan fingerprint density at radius 3 is 2.80 bits per heavy atom. The summed E-state index contributed by atoms with van der Waals surface area (Å²) < 4.78 is 17.5. The van der Waals surface area contributed by atoms with Gasteiger partial charge >= 0.3 is 5.97 Å². The largest absolute Gasteiger partial charge is 0.488 e. The lowest BCUT2D eigenvalue weighted by molar-refractivity contribution is -0.147. The van der Waals surface area contributed by atoms with Gasteiger partial charge in [0.25, 0.3) is 0 Å². The Morgan fingerprint density at radius 1 is 1.20 bits per heavy atom. The van der Waals surface area contributed by atoms with Gasteiger partial charge in [-0.3, -0.25) is 9.69 Å². The summed E-state index contributed by atoms with van der Waals surface area (Å²) in [4.78, 5) is 21.3. The number of para-hydroxylation sites is 1. The number of aromatic nitrogens is 1. The van der Waals surface area contributed by atoms with Crippen LogP contribution in [0.2, 0.25) is 0 Å². The molecule has 0 saturated carbocycles. The highest BCUT2D eigenvalue weighted by molar-refractivity contribution is 7.14. The van der Waals surface area contributed by atoms with Gasteiger partial charge in [-0.1, -0.05) is 37.3 Å². The standard InChI is InChI=1S/C32H39N3O5S/c1-20-5-4-6-25(28-19-41-32(33-28)35-12-10-26(31(36)37)29(15-35)38-3)30(20)40-16-22-7-8-23-9-11-34(24-17-39-18-24)14-21(2)27(23)13-22/h4-8,13,19,21,24,26,29H,9-12,14-18H2,1-3H3,(H,36,37)/t21-,26-,29+/m0/s1. The van der Waals surface area contributed by atoms with Crippen LogP contribution in [0.25, 0.3) is 11.3 Å². The SMILES string of the molecule is CO[C@@H]1CN(c2nc(-c3cccc(C)c3OCc3ccc4c(c3)[C@@H](C)CN(C3COC3)CC4)cs2)CC[C@@H]1C(=O)O. The number of rotatable bonds is 8. The van der Waals surface area contributed by atoms with Crippen LogP contribution in [0.15, 0.2) is 41.8 Å². The molecule has 2 saturated heterocycles. The summed E-state index contributed by atoms with van der Waals surface area (Å²) in [5.74, 6) is 0.0314. The summed E-state index contributed by atoms with van der Waals surface area (Å²) >= 11 is 1.57. The Kier molecular flexibility index (Phi) is 8.30. The molecule has 0 spiro atoms. The number of anilines is 1. The molecule has 41 heavy (non-hydrogen) atoms. The van der Waals surface area contributed by atoms with E-state index in [1.54, 1.807) is 18.4 Å². The minimum Gasteiger partial charge on any atom is -0.488 e.